The first kappa shape index (κ1) is 19.7. The summed E-state index contributed by atoms with van der Waals surface area (Å²) in [4.78, 5) is 28.6. The fourth-order valence-electron chi connectivity index (χ4n) is 2.84. The third-order valence-corrected chi connectivity index (χ3v) is 5.53. The Balaban J connectivity index is 1.58. The van der Waals surface area contributed by atoms with Crippen molar-refractivity contribution in [2.24, 2.45) is 0 Å². The van der Waals surface area contributed by atoms with Crippen molar-refractivity contribution in [2.45, 2.75) is 0 Å². The second-order valence-electron chi connectivity index (χ2n) is 6.07. The van der Waals surface area contributed by atoms with Crippen molar-refractivity contribution in [2.75, 3.05) is 38.6 Å². The highest BCUT2D eigenvalue weighted by molar-refractivity contribution is 9.11. The lowest BCUT2D eigenvalue weighted by Gasteiger charge is -2.34. The van der Waals surface area contributed by atoms with E-state index in [0.717, 1.165) is 8.95 Å². The maximum atomic E-state index is 12.7. The molecule has 2 aromatic carbocycles. The number of hydrogen-bond acceptors (Lipinski definition) is 3. The minimum absolute atomic E-state index is 0.0521. The van der Waals surface area contributed by atoms with E-state index in [4.69, 9.17) is 4.74 Å². The zero-order valence-electron chi connectivity index (χ0n) is 14.7. The molecule has 142 valence electrons. The van der Waals surface area contributed by atoms with Gasteiger partial charge in [0.15, 0.2) is 0 Å². The number of carbonyl (C=O) groups is 2. The molecular weight excluding hydrogens is 478 g/mol. The highest BCUT2D eigenvalue weighted by Gasteiger charge is 2.25. The van der Waals surface area contributed by atoms with Gasteiger partial charge in [0.05, 0.1) is 12.8 Å². The van der Waals surface area contributed by atoms with E-state index in [-0.39, 0.29) is 11.9 Å². The van der Waals surface area contributed by atoms with Crippen molar-refractivity contribution in [3.63, 3.8) is 0 Å². The summed E-state index contributed by atoms with van der Waals surface area (Å²) in [6, 6.07) is 12.5. The Bertz CT molecular complexity index is 852. The number of anilines is 1. The second-order valence-corrected chi connectivity index (χ2v) is 7.84. The fourth-order valence-corrected chi connectivity index (χ4v) is 3.55. The van der Waals surface area contributed by atoms with Crippen LogP contribution in [0.25, 0.3) is 0 Å². The zero-order chi connectivity index (χ0) is 19.4. The van der Waals surface area contributed by atoms with Gasteiger partial charge >= 0.3 is 6.03 Å². The summed E-state index contributed by atoms with van der Waals surface area (Å²) in [6.07, 6.45) is 0. The SMILES string of the molecule is COc1cccc(C(=O)N2CCN(C(=O)Nc3cc(Br)ccc3Br)CC2)c1. The third kappa shape index (κ3) is 4.81. The van der Waals surface area contributed by atoms with E-state index in [9.17, 15) is 9.59 Å². The van der Waals surface area contributed by atoms with Gasteiger partial charge in [0.1, 0.15) is 5.75 Å². The number of carbonyl (C=O) groups excluding carboxylic acids is 2. The molecule has 0 saturated carbocycles. The molecule has 0 bridgehead atoms. The predicted octanol–water partition coefficient (Wildman–Crippen LogP) is 4.21. The molecule has 8 heteroatoms. The Kier molecular flexibility index (Phi) is 6.38. The summed E-state index contributed by atoms with van der Waals surface area (Å²) < 4.78 is 6.87. The van der Waals surface area contributed by atoms with Gasteiger partial charge in [-0.3, -0.25) is 4.79 Å². The number of benzene rings is 2. The van der Waals surface area contributed by atoms with Crippen molar-refractivity contribution in [1.82, 2.24) is 9.80 Å². The zero-order valence-corrected chi connectivity index (χ0v) is 17.9. The first-order chi connectivity index (χ1) is 13.0. The Morgan fingerprint density at radius 1 is 1.00 bits per heavy atom. The van der Waals surface area contributed by atoms with Crippen molar-refractivity contribution >= 4 is 49.5 Å². The first-order valence-electron chi connectivity index (χ1n) is 8.42. The molecule has 1 saturated heterocycles. The molecular formula is C19H19Br2N3O3. The van der Waals surface area contributed by atoms with Gasteiger partial charge in [-0.2, -0.15) is 0 Å². The molecule has 1 aliphatic heterocycles. The number of urea groups is 1. The number of piperazine rings is 1. The summed E-state index contributed by atoms with van der Waals surface area (Å²) >= 11 is 6.83. The van der Waals surface area contributed by atoms with Crippen LogP contribution in [0, 0.1) is 0 Å². The highest BCUT2D eigenvalue weighted by atomic mass is 79.9. The lowest BCUT2D eigenvalue weighted by Crippen LogP contribution is -2.51. The third-order valence-electron chi connectivity index (χ3n) is 4.34. The van der Waals surface area contributed by atoms with Crippen LogP contribution >= 0.6 is 31.9 Å². The number of nitrogens with zero attached hydrogens (tertiary/aromatic N) is 2. The quantitative estimate of drug-likeness (QED) is 0.692. The van der Waals surface area contributed by atoms with Crippen LogP contribution in [0.1, 0.15) is 10.4 Å². The van der Waals surface area contributed by atoms with Crippen LogP contribution in [-0.2, 0) is 0 Å². The summed E-state index contributed by atoms with van der Waals surface area (Å²) in [7, 11) is 1.57. The summed E-state index contributed by atoms with van der Waals surface area (Å²) in [5.41, 5.74) is 1.29. The monoisotopic (exact) mass is 495 g/mol. The van der Waals surface area contributed by atoms with E-state index in [1.807, 2.05) is 18.2 Å². The van der Waals surface area contributed by atoms with E-state index >= 15 is 0 Å². The van der Waals surface area contributed by atoms with Gasteiger partial charge < -0.3 is 19.9 Å². The van der Waals surface area contributed by atoms with Crippen LogP contribution in [0.4, 0.5) is 10.5 Å². The van der Waals surface area contributed by atoms with Crippen molar-refractivity contribution < 1.29 is 14.3 Å². The number of ether oxygens (including phenoxy) is 1. The molecule has 3 amide bonds. The van der Waals surface area contributed by atoms with Crippen LogP contribution < -0.4 is 10.1 Å². The molecule has 0 aromatic heterocycles. The van der Waals surface area contributed by atoms with E-state index in [1.165, 1.54) is 0 Å². The molecule has 3 rings (SSSR count). The lowest BCUT2D eigenvalue weighted by atomic mass is 10.1. The Hall–Kier alpha value is -2.06. The maximum absolute atomic E-state index is 12.7. The first-order valence-corrected chi connectivity index (χ1v) is 10.0. The predicted molar refractivity (Wildman–Crippen MR) is 111 cm³/mol. The molecule has 0 spiro atoms. The topological polar surface area (TPSA) is 61.9 Å². The Labute approximate surface area is 174 Å². The molecule has 6 nitrogen and oxygen atoms in total. The minimum atomic E-state index is -0.178. The van der Waals surface area contributed by atoms with Crippen LogP contribution in [-0.4, -0.2) is 55.0 Å². The standard InChI is InChI=1S/C19H19Br2N3O3/c1-27-15-4-2-3-13(11-15)18(25)23-7-9-24(10-8-23)19(26)22-17-12-14(20)5-6-16(17)21/h2-6,11-12H,7-10H2,1H3,(H,22,26). The number of rotatable bonds is 3. The molecule has 0 radical (unpaired) electrons. The van der Waals surface area contributed by atoms with Crippen LogP contribution in [0.15, 0.2) is 51.4 Å². The molecule has 1 N–H and O–H groups in total. The normalized spacial score (nSPS) is 14.0. The lowest BCUT2D eigenvalue weighted by molar-refractivity contribution is 0.0671. The fraction of sp³-hybridized carbons (Fsp3) is 0.263. The van der Waals surface area contributed by atoms with E-state index in [0.29, 0.717) is 43.2 Å². The van der Waals surface area contributed by atoms with Crippen molar-refractivity contribution in [3.8, 4) is 5.75 Å². The van der Waals surface area contributed by atoms with Gasteiger partial charge in [-0.05, 0) is 52.3 Å². The number of hydrogen-bond donors (Lipinski definition) is 1. The van der Waals surface area contributed by atoms with Gasteiger partial charge in [0.25, 0.3) is 5.91 Å². The van der Waals surface area contributed by atoms with Gasteiger partial charge in [0, 0.05) is 40.7 Å². The molecule has 0 aliphatic carbocycles. The van der Waals surface area contributed by atoms with Crippen LogP contribution in [0.5, 0.6) is 5.75 Å². The molecule has 27 heavy (non-hydrogen) atoms. The minimum Gasteiger partial charge on any atom is -0.497 e. The molecule has 2 aromatic rings. The molecule has 0 atom stereocenters. The summed E-state index contributed by atoms with van der Waals surface area (Å²) in [6.45, 7) is 1.94. The van der Waals surface area contributed by atoms with Crippen LogP contribution in [0.2, 0.25) is 0 Å². The molecule has 1 heterocycles. The number of halogens is 2. The van der Waals surface area contributed by atoms with Crippen molar-refractivity contribution in [3.05, 3.63) is 57.0 Å². The highest BCUT2D eigenvalue weighted by Crippen LogP contribution is 2.26. The average molecular weight is 497 g/mol. The number of amides is 3. The molecule has 1 aliphatic rings. The van der Waals surface area contributed by atoms with E-state index in [1.54, 1.807) is 41.2 Å². The van der Waals surface area contributed by atoms with E-state index < -0.39 is 0 Å². The summed E-state index contributed by atoms with van der Waals surface area (Å²) in [5.74, 6) is 0.599. The van der Waals surface area contributed by atoms with Gasteiger partial charge in [-0.1, -0.05) is 22.0 Å². The van der Waals surface area contributed by atoms with Gasteiger partial charge in [-0.25, -0.2) is 4.79 Å². The number of nitrogens with one attached hydrogen (secondary N) is 1. The average Bonchev–Trinajstić information content (AvgIpc) is 2.70. The van der Waals surface area contributed by atoms with Crippen molar-refractivity contribution in [1.29, 1.82) is 0 Å². The maximum Gasteiger partial charge on any atom is 0.321 e. The van der Waals surface area contributed by atoms with Gasteiger partial charge in [-0.15, -0.1) is 0 Å². The molecule has 1 fully saturated rings. The Morgan fingerprint density at radius 3 is 2.41 bits per heavy atom. The van der Waals surface area contributed by atoms with E-state index in [2.05, 4.69) is 37.2 Å². The van der Waals surface area contributed by atoms with Crippen LogP contribution in [0.3, 0.4) is 0 Å². The molecule has 0 unspecified atom stereocenters. The Morgan fingerprint density at radius 2 is 1.70 bits per heavy atom. The van der Waals surface area contributed by atoms with Gasteiger partial charge in [0.2, 0.25) is 0 Å². The number of methoxy groups -OCH3 is 1. The second kappa shape index (κ2) is 8.75. The summed E-state index contributed by atoms with van der Waals surface area (Å²) in [5, 5.41) is 2.90. The smallest absolute Gasteiger partial charge is 0.321 e. The largest absolute Gasteiger partial charge is 0.497 e.